The summed E-state index contributed by atoms with van der Waals surface area (Å²) in [6.07, 6.45) is 4.54. The molecule has 1 saturated heterocycles. The van der Waals surface area contributed by atoms with Gasteiger partial charge in [0.15, 0.2) is 0 Å². The molecule has 1 atom stereocenters. The molecule has 0 aliphatic carbocycles. The molecule has 3 heterocycles. The van der Waals surface area contributed by atoms with E-state index < -0.39 is 10.0 Å². The Kier molecular flexibility index (Phi) is 4.27. The van der Waals surface area contributed by atoms with E-state index in [0.717, 1.165) is 18.5 Å². The van der Waals surface area contributed by atoms with E-state index in [9.17, 15) is 8.42 Å². The number of nitrogens with one attached hydrogen (secondary N) is 1. The molecule has 0 saturated carbocycles. The fourth-order valence-corrected chi connectivity index (χ4v) is 3.96. The van der Waals surface area contributed by atoms with E-state index in [4.69, 9.17) is 0 Å². The number of hydrogen-bond donors (Lipinski definition) is 1. The highest BCUT2D eigenvalue weighted by atomic mass is 32.2. The molecule has 0 bridgehead atoms. The topological polar surface area (TPSA) is 88.1 Å². The first kappa shape index (κ1) is 15.8. The van der Waals surface area contributed by atoms with Crippen molar-refractivity contribution in [3.63, 3.8) is 0 Å². The third kappa shape index (κ3) is 3.65. The van der Waals surface area contributed by atoms with E-state index in [1.165, 1.54) is 10.6 Å². The van der Waals surface area contributed by atoms with Crippen molar-refractivity contribution < 1.29 is 8.42 Å². The number of anilines is 2. The maximum Gasteiger partial charge on any atom is 0.211 e. The molecule has 8 heteroatoms. The number of aryl methyl sites for hydroxylation is 1. The van der Waals surface area contributed by atoms with E-state index in [0.29, 0.717) is 24.0 Å². The van der Waals surface area contributed by atoms with Crippen molar-refractivity contribution in [2.45, 2.75) is 25.8 Å². The van der Waals surface area contributed by atoms with Crippen LogP contribution in [0.2, 0.25) is 0 Å². The zero-order chi connectivity index (χ0) is 16.4. The van der Waals surface area contributed by atoms with Gasteiger partial charge in [-0.1, -0.05) is 6.07 Å². The third-order valence-corrected chi connectivity index (χ3v) is 5.04. The maximum atomic E-state index is 11.9. The molecule has 1 aliphatic heterocycles. The van der Waals surface area contributed by atoms with E-state index in [-0.39, 0.29) is 6.04 Å². The molecular formula is C15H19N5O2S. The number of hydrogen-bond acceptors (Lipinski definition) is 6. The summed E-state index contributed by atoms with van der Waals surface area (Å²) in [6.45, 7) is 2.34. The molecule has 23 heavy (non-hydrogen) atoms. The lowest BCUT2D eigenvalue weighted by molar-refractivity contribution is 0.393. The van der Waals surface area contributed by atoms with Gasteiger partial charge in [0.2, 0.25) is 10.0 Å². The van der Waals surface area contributed by atoms with Gasteiger partial charge in [0.1, 0.15) is 17.5 Å². The predicted octanol–water partition coefficient (Wildman–Crippen LogP) is 2.02. The molecule has 3 rings (SSSR count). The molecular weight excluding hydrogens is 314 g/mol. The Balaban J connectivity index is 1.91. The van der Waals surface area contributed by atoms with Crippen LogP contribution in [0.25, 0.3) is 0 Å². The van der Waals surface area contributed by atoms with Crippen LogP contribution in [-0.2, 0) is 10.0 Å². The molecule has 122 valence electrons. The third-order valence-electron chi connectivity index (χ3n) is 3.75. The van der Waals surface area contributed by atoms with Crippen LogP contribution < -0.4 is 5.32 Å². The average molecular weight is 333 g/mol. The molecule has 0 aromatic carbocycles. The number of pyridine rings is 1. The Labute approximate surface area is 135 Å². The van der Waals surface area contributed by atoms with Crippen LogP contribution in [0, 0.1) is 6.92 Å². The summed E-state index contributed by atoms with van der Waals surface area (Å²) in [7, 11) is -3.24. The quantitative estimate of drug-likeness (QED) is 0.921. The molecule has 0 spiro atoms. The lowest BCUT2D eigenvalue weighted by atomic mass is 10.1. The highest BCUT2D eigenvalue weighted by Gasteiger charge is 2.33. The van der Waals surface area contributed by atoms with Gasteiger partial charge in [-0.15, -0.1) is 0 Å². The fourth-order valence-electron chi connectivity index (χ4n) is 2.83. The van der Waals surface area contributed by atoms with Gasteiger partial charge in [-0.05, 0) is 31.9 Å². The molecule has 0 amide bonds. The fraction of sp³-hybridized carbons (Fsp3) is 0.400. The number of aromatic nitrogens is 3. The first-order valence-electron chi connectivity index (χ1n) is 7.44. The van der Waals surface area contributed by atoms with Crippen molar-refractivity contribution in [1.29, 1.82) is 0 Å². The smallest absolute Gasteiger partial charge is 0.211 e. The molecule has 2 aromatic rings. The lowest BCUT2D eigenvalue weighted by Gasteiger charge is -2.22. The molecule has 2 aromatic heterocycles. The van der Waals surface area contributed by atoms with E-state index in [2.05, 4.69) is 20.3 Å². The van der Waals surface area contributed by atoms with Crippen LogP contribution in [0.4, 0.5) is 11.6 Å². The Bertz CT molecular complexity index is 795. The van der Waals surface area contributed by atoms with Gasteiger partial charge in [-0.3, -0.25) is 0 Å². The standard InChI is InChI=1S/C15H19N5O2S/c1-11-17-12(13-6-5-9-20(13)23(2,21)22)10-15(18-11)19-14-7-3-4-8-16-14/h3-4,7-8,10,13H,5-6,9H2,1-2H3,(H,16,17,18,19)/t13-/m0/s1. The largest absolute Gasteiger partial charge is 0.325 e. The Morgan fingerprint density at radius 3 is 2.78 bits per heavy atom. The Morgan fingerprint density at radius 1 is 1.26 bits per heavy atom. The highest BCUT2D eigenvalue weighted by Crippen LogP contribution is 2.33. The summed E-state index contributed by atoms with van der Waals surface area (Å²) in [5.41, 5.74) is 0.721. The molecule has 1 N–H and O–H groups in total. The second kappa shape index (κ2) is 6.21. The van der Waals surface area contributed by atoms with Crippen LogP contribution in [0.5, 0.6) is 0 Å². The van der Waals surface area contributed by atoms with Crippen LogP contribution in [0.15, 0.2) is 30.5 Å². The second-order valence-electron chi connectivity index (χ2n) is 5.60. The number of nitrogens with zero attached hydrogens (tertiary/aromatic N) is 4. The van der Waals surface area contributed by atoms with Crippen LogP contribution in [-0.4, -0.2) is 40.5 Å². The number of sulfonamides is 1. The summed E-state index contributed by atoms with van der Waals surface area (Å²) >= 11 is 0. The SMILES string of the molecule is Cc1nc(Nc2ccccn2)cc([C@@H]2CCCN2S(C)(=O)=O)n1. The number of rotatable bonds is 4. The van der Waals surface area contributed by atoms with Gasteiger partial charge >= 0.3 is 0 Å². The summed E-state index contributed by atoms with van der Waals surface area (Å²) in [5.74, 6) is 1.90. The maximum absolute atomic E-state index is 11.9. The van der Waals surface area contributed by atoms with Crippen LogP contribution in [0.1, 0.15) is 30.4 Å². The molecule has 0 unspecified atom stereocenters. The highest BCUT2D eigenvalue weighted by molar-refractivity contribution is 7.88. The van der Waals surface area contributed by atoms with E-state index in [1.54, 1.807) is 19.2 Å². The summed E-state index contributed by atoms with van der Waals surface area (Å²) in [6, 6.07) is 7.14. The van der Waals surface area contributed by atoms with Gasteiger partial charge in [0, 0.05) is 18.8 Å². The van der Waals surface area contributed by atoms with Crippen molar-refractivity contribution >= 4 is 21.7 Å². The zero-order valence-corrected chi connectivity index (χ0v) is 13.9. The van der Waals surface area contributed by atoms with Crippen LogP contribution >= 0.6 is 0 Å². The Hall–Kier alpha value is -2.06. The minimum Gasteiger partial charge on any atom is -0.325 e. The van der Waals surface area contributed by atoms with Crippen molar-refractivity contribution in [3.8, 4) is 0 Å². The van der Waals surface area contributed by atoms with Crippen molar-refractivity contribution in [2.75, 3.05) is 18.1 Å². The minimum absolute atomic E-state index is 0.226. The van der Waals surface area contributed by atoms with Gasteiger partial charge in [-0.25, -0.2) is 23.4 Å². The predicted molar refractivity (Wildman–Crippen MR) is 87.8 cm³/mol. The molecule has 1 aliphatic rings. The first-order chi connectivity index (χ1) is 10.9. The van der Waals surface area contributed by atoms with Crippen LogP contribution in [0.3, 0.4) is 0 Å². The molecule has 1 fully saturated rings. The summed E-state index contributed by atoms with van der Waals surface area (Å²) in [4.78, 5) is 13.0. The lowest BCUT2D eigenvalue weighted by Crippen LogP contribution is -2.30. The zero-order valence-electron chi connectivity index (χ0n) is 13.1. The van der Waals surface area contributed by atoms with Crippen molar-refractivity contribution in [1.82, 2.24) is 19.3 Å². The van der Waals surface area contributed by atoms with E-state index in [1.807, 2.05) is 18.2 Å². The molecule has 7 nitrogen and oxygen atoms in total. The summed E-state index contributed by atoms with van der Waals surface area (Å²) < 4.78 is 25.4. The van der Waals surface area contributed by atoms with E-state index >= 15 is 0 Å². The van der Waals surface area contributed by atoms with Gasteiger partial charge in [-0.2, -0.15) is 4.31 Å². The van der Waals surface area contributed by atoms with Gasteiger partial charge in [0.25, 0.3) is 0 Å². The average Bonchev–Trinajstić information content (AvgIpc) is 2.97. The molecule has 0 radical (unpaired) electrons. The van der Waals surface area contributed by atoms with Gasteiger partial charge in [0.05, 0.1) is 18.0 Å². The van der Waals surface area contributed by atoms with Crippen molar-refractivity contribution in [3.05, 3.63) is 42.0 Å². The monoisotopic (exact) mass is 333 g/mol. The normalized spacial score (nSPS) is 19.0. The first-order valence-corrected chi connectivity index (χ1v) is 9.29. The summed E-state index contributed by atoms with van der Waals surface area (Å²) in [5, 5.41) is 3.13. The Morgan fingerprint density at radius 2 is 2.09 bits per heavy atom. The minimum atomic E-state index is -3.24. The van der Waals surface area contributed by atoms with Gasteiger partial charge < -0.3 is 5.32 Å². The second-order valence-corrected chi connectivity index (χ2v) is 7.53. The van der Waals surface area contributed by atoms with Crippen molar-refractivity contribution in [2.24, 2.45) is 0 Å².